The molecule has 6 heteroatoms. The van der Waals surface area contributed by atoms with Gasteiger partial charge in [0, 0.05) is 6.54 Å². The van der Waals surface area contributed by atoms with Gasteiger partial charge in [0.1, 0.15) is 0 Å². The van der Waals surface area contributed by atoms with Gasteiger partial charge in [-0.05, 0) is 0 Å². The van der Waals surface area contributed by atoms with Crippen molar-refractivity contribution in [3.63, 3.8) is 0 Å². The molecule has 9 heavy (non-hydrogen) atoms. The van der Waals surface area contributed by atoms with E-state index in [4.69, 9.17) is 0 Å². The van der Waals surface area contributed by atoms with Gasteiger partial charge in [0.2, 0.25) is 0 Å². The van der Waals surface area contributed by atoms with E-state index in [9.17, 15) is 13.0 Å². The van der Waals surface area contributed by atoms with Crippen molar-refractivity contribution < 1.29 is 31.8 Å². The molecule has 0 rings (SSSR count). The first-order valence-corrected chi connectivity index (χ1v) is 3.28. The van der Waals surface area contributed by atoms with Crippen molar-refractivity contribution in [3.8, 4) is 0 Å². The van der Waals surface area contributed by atoms with Gasteiger partial charge in [-0.3, -0.25) is 0 Å². The Morgan fingerprint density at radius 1 is 1.67 bits per heavy atom. The van der Waals surface area contributed by atoms with Crippen molar-refractivity contribution in [2.24, 2.45) is 0 Å². The van der Waals surface area contributed by atoms with Crippen molar-refractivity contribution >= 4 is 10.3 Å². The molecule has 48 valence electrons. The number of hydrogen-bond donors (Lipinski definition) is 1. The number of nitrogens with one attached hydrogen (secondary N) is 1. The molecular weight excluding hydrogens is 137 g/mol. The van der Waals surface area contributed by atoms with Crippen molar-refractivity contribution in [1.82, 2.24) is 4.72 Å². The van der Waals surface area contributed by atoms with Crippen LogP contribution in [0.4, 0.5) is 0 Å². The summed E-state index contributed by atoms with van der Waals surface area (Å²) in [5.74, 6) is 0. The Bertz CT molecular complexity index is 164. The predicted octanol–water partition coefficient (Wildman–Crippen LogP) is -3.77. The molecule has 0 atom stereocenters. The molecular formula is C3H6LiNO3S. The van der Waals surface area contributed by atoms with Crippen molar-refractivity contribution in [3.05, 3.63) is 12.7 Å². The van der Waals surface area contributed by atoms with Gasteiger partial charge >= 0.3 is 18.9 Å². The van der Waals surface area contributed by atoms with Crippen LogP contribution in [0.15, 0.2) is 12.7 Å². The molecule has 1 N–H and O–H groups in total. The quantitative estimate of drug-likeness (QED) is 0.250. The van der Waals surface area contributed by atoms with Crippen LogP contribution in [0.25, 0.3) is 0 Å². The second-order valence-corrected chi connectivity index (χ2v) is 2.29. The molecule has 0 unspecified atom stereocenters. The van der Waals surface area contributed by atoms with Crippen LogP contribution < -0.4 is 23.6 Å². The summed E-state index contributed by atoms with van der Waals surface area (Å²) >= 11 is 0. The van der Waals surface area contributed by atoms with Gasteiger partial charge < -0.3 is 4.55 Å². The zero-order valence-corrected chi connectivity index (χ0v) is 5.94. The van der Waals surface area contributed by atoms with Crippen molar-refractivity contribution in [2.45, 2.75) is 0 Å². The third-order valence-electron chi connectivity index (χ3n) is 0.404. The van der Waals surface area contributed by atoms with E-state index in [0.717, 1.165) is 0 Å². The fourth-order valence-corrected chi connectivity index (χ4v) is 0.483. The molecule has 0 aromatic heterocycles. The molecule has 0 saturated heterocycles. The van der Waals surface area contributed by atoms with Crippen molar-refractivity contribution in [2.75, 3.05) is 6.54 Å². The summed E-state index contributed by atoms with van der Waals surface area (Å²) in [6.45, 7) is 3.19. The maximum absolute atomic E-state index is 9.68. The third kappa shape index (κ3) is 11.7. The Labute approximate surface area is 66.4 Å². The van der Waals surface area contributed by atoms with Gasteiger partial charge in [0.05, 0.1) is 0 Å². The first-order valence-electron chi connectivity index (χ1n) is 1.87. The van der Waals surface area contributed by atoms with Crippen LogP contribution in [0.3, 0.4) is 0 Å². The first-order chi connectivity index (χ1) is 3.56. The predicted molar refractivity (Wildman–Crippen MR) is 27.9 cm³/mol. The zero-order valence-electron chi connectivity index (χ0n) is 5.12. The molecule has 0 aliphatic carbocycles. The van der Waals surface area contributed by atoms with Crippen LogP contribution >= 0.6 is 0 Å². The van der Waals surface area contributed by atoms with E-state index in [1.54, 1.807) is 4.72 Å². The fraction of sp³-hybridized carbons (Fsp3) is 0.333. The molecule has 0 saturated carbocycles. The summed E-state index contributed by atoms with van der Waals surface area (Å²) in [4.78, 5) is 0. The SMILES string of the molecule is C=CCNS(=O)(=O)[O-].[Li+]. The smallest absolute Gasteiger partial charge is 0.735 e. The second kappa shape index (κ2) is 5.03. The molecule has 0 aromatic rings. The molecule has 0 aliphatic heterocycles. The first kappa shape index (κ1) is 11.9. The number of rotatable bonds is 3. The van der Waals surface area contributed by atoms with Gasteiger partial charge in [-0.1, -0.05) is 6.08 Å². The van der Waals surface area contributed by atoms with Gasteiger partial charge in [0.15, 0.2) is 10.3 Å². The maximum Gasteiger partial charge on any atom is 1.00 e. The van der Waals surface area contributed by atoms with Gasteiger partial charge in [-0.15, -0.1) is 6.58 Å². The van der Waals surface area contributed by atoms with Crippen LogP contribution in [-0.2, 0) is 10.3 Å². The minimum Gasteiger partial charge on any atom is -0.735 e. The summed E-state index contributed by atoms with van der Waals surface area (Å²) in [5, 5.41) is 0. The topological polar surface area (TPSA) is 69.2 Å². The summed E-state index contributed by atoms with van der Waals surface area (Å²) in [5.41, 5.74) is 0. The molecule has 0 radical (unpaired) electrons. The van der Waals surface area contributed by atoms with E-state index in [1.807, 2.05) is 0 Å². The Hall–Kier alpha value is 0.207. The Kier molecular flexibility index (Phi) is 6.67. The Morgan fingerprint density at radius 3 is 2.22 bits per heavy atom. The van der Waals surface area contributed by atoms with Gasteiger partial charge in [0.25, 0.3) is 0 Å². The Balaban J connectivity index is 0. The summed E-state index contributed by atoms with van der Waals surface area (Å²) in [6.07, 6.45) is 1.29. The molecule has 0 aliphatic rings. The maximum atomic E-state index is 9.68. The molecule has 0 bridgehead atoms. The molecule has 0 heterocycles. The van der Waals surface area contributed by atoms with E-state index < -0.39 is 10.3 Å². The number of hydrogen-bond acceptors (Lipinski definition) is 3. The minimum absolute atomic E-state index is 0. The normalized spacial score (nSPS) is 9.89. The van der Waals surface area contributed by atoms with Crippen molar-refractivity contribution in [1.29, 1.82) is 0 Å². The van der Waals surface area contributed by atoms with Gasteiger partial charge in [-0.25, -0.2) is 13.1 Å². The van der Waals surface area contributed by atoms with Crippen LogP contribution in [0, 0.1) is 0 Å². The van der Waals surface area contributed by atoms with E-state index in [-0.39, 0.29) is 25.4 Å². The van der Waals surface area contributed by atoms with E-state index >= 15 is 0 Å². The molecule has 4 nitrogen and oxygen atoms in total. The monoisotopic (exact) mass is 143 g/mol. The van der Waals surface area contributed by atoms with Crippen LogP contribution in [0.2, 0.25) is 0 Å². The molecule has 0 aromatic carbocycles. The molecule has 0 spiro atoms. The summed E-state index contributed by atoms with van der Waals surface area (Å²) in [6, 6.07) is 0. The van der Waals surface area contributed by atoms with Crippen LogP contribution in [0.5, 0.6) is 0 Å². The van der Waals surface area contributed by atoms with Crippen LogP contribution in [-0.4, -0.2) is 19.5 Å². The summed E-state index contributed by atoms with van der Waals surface area (Å²) < 4.78 is 30.7. The Morgan fingerprint density at radius 2 is 2.11 bits per heavy atom. The molecule has 0 fully saturated rings. The zero-order chi connectivity index (χ0) is 6.62. The average molecular weight is 143 g/mol. The standard InChI is InChI=1S/C3H7NO3S.Li/c1-2-3-4-8(5,6)7;/h2,4H,1,3H2,(H,5,6,7);/q;+1/p-1. The third-order valence-corrected chi connectivity index (χ3v) is 0.925. The second-order valence-electron chi connectivity index (χ2n) is 1.09. The van der Waals surface area contributed by atoms with Gasteiger partial charge in [-0.2, -0.15) is 0 Å². The van der Waals surface area contributed by atoms with E-state index in [2.05, 4.69) is 6.58 Å². The fourth-order valence-electron chi connectivity index (χ4n) is 0.161. The minimum atomic E-state index is -4.26. The largest absolute Gasteiger partial charge is 1.00 e. The molecule has 0 amide bonds. The summed E-state index contributed by atoms with van der Waals surface area (Å²) in [7, 11) is -4.26. The van der Waals surface area contributed by atoms with E-state index in [1.165, 1.54) is 6.08 Å². The van der Waals surface area contributed by atoms with Crippen LogP contribution in [0.1, 0.15) is 0 Å². The van der Waals surface area contributed by atoms with E-state index in [0.29, 0.717) is 0 Å². The average Bonchev–Trinajstić information content (AvgIpc) is 1.59.